The molecule has 0 aliphatic rings. The average Bonchev–Trinajstić information content (AvgIpc) is 2.42. The molecule has 0 aromatic heterocycles. The van der Waals surface area contributed by atoms with E-state index in [1.165, 1.54) is 13.2 Å². The molecule has 0 spiro atoms. The number of rotatable bonds is 7. The number of hydrogen-bond donors (Lipinski definition) is 3. The number of carboxylic acids is 1. The van der Waals surface area contributed by atoms with Crippen LogP contribution in [0, 0.1) is 0 Å². The van der Waals surface area contributed by atoms with Crippen molar-refractivity contribution in [1.29, 1.82) is 0 Å². The number of carboxylic acid groups (broad SMARTS) is 1. The molecule has 1 atom stereocenters. The summed E-state index contributed by atoms with van der Waals surface area (Å²) >= 11 is 0. The van der Waals surface area contributed by atoms with Crippen LogP contribution in [0.2, 0.25) is 0 Å². The molecule has 0 fully saturated rings. The van der Waals surface area contributed by atoms with Crippen molar-refractivity contribution in [3.63, 3.8) is 0 Å². The van der Waals surface area contributed by atoms with Gasteiger partial charge in [0.25, 0.3) is 5.91 Å². The largest absolute Gasteiger partial charge is 0.496 e. The Kier molecular flexibility index (Phi) is 5.52. The van der Waals surface area contributed by atoms with E-state index in [0.29, 0.717) is 5.75 Å². The fourth-order valence-corrected chi connectivity index (χ4v) is 1.61. The Bertz CT molecular complexity index is 515. The highest BCUT2D eigenvalue weighted by atomic mass is 16.5. The van der Waals surface area contributed by atoms with Crippen LogP contribution in [0.25, 0.3) is 0 Å². The lowest BCUT2D eigenvalue weighted by molar-refractivity contribution is -0.139. The summed E-state index contributed by atoms with van der Waals surface area (Å²) in [5, 5.41) is 11.3. The Morgan fingerprint density at radius 3 is 2.55 bits per heavy atom. The summed E-state index contributed by atoms with van der Waals surface area (Å²) < 4.78 is 5.02. The summed E-state index contributed by atoms with van der Waals surface area (Å²) in [6, 6.07) is 5.25. The van der Waals surface area contributed by atoms with Gasteiger partial charge in [-0.3, -0.25) is 9.59 Å². The van der Waals surface area contributed by atoms with E-state index in [1.807, 2.05) is 0 Å². The number of benzene rings is 1. The maximum atomic E-state index is 12.0. The molecule has 0 aliphatic carbocycles. The van der Waals surface area contributed by atoms with Gasteiger partial charge in [-0.25, -0.2) is 4.79 Å². The zero-order valence-electron chi connectivity index (χ0n) is 11.0. The fourth-order valence-electron chi connectivity index (χ4n) is 1.61. The molecule has 20 heavy (non-hydrogen) atoms. The Hall–Kier alpha value is -2.57. The van der Waals surface area contributed by atoms with Gasteiger partial charge in [-0.05, 0) is 18.6 Å². The van der Waals surface area contributed by atoms with Gasteiger partial charge >= 0.3 is 5.97 Å². The number of para-hydroxylation sites is 1. The molecule has 7 heteroatoms. The minimum Gasteiger partial charge on any atom is -0.496 e. The molecule has 1 rings (SSSR count). The molecule has 1 aromatic rings. The van der Waals surface area contributed by atoms with Crippen molar-refractivity contribution in [2.75, 3.05) is 7.11 Å². The number of methoxy groups -OCH3 is 1. The summed E-state index contributed by atoms with van der Waals surface area (Å²) in [5.41, 5.74) is 5.19. The van der Waals surface area contributed by atoms with Crippen LogP contribution in [0.3, 0.4) is 0 Å². The molecule has 0 radical (unpaired) electrons. The van der Waals surface area contributed by atoms with E-state index in [0.717, 1.165) is 0 Å². The van der Waals surface area contributed by atoms with Crippen molar-refractivity contribution in [3.05, 3.63) is 29.8 Å². The van der Waals surface area contributed by atoms with Gasteiger partial charge < -0.3 is 20.9 Å². The molecule has 7 nitrogen and oxygen atoms in total. The van der Waals surface area contributed by atoms with Crippen LogP contribution in [-0.4, -0.2) is 36.0 Å². The van der Waals surface area contributed by atoms with Gasteiger partial charge in [-0.15, -0.1) is 0 Å². The number of nitrogens with two attached hydrogens (primary N) is 1. The summed E-state index contributed by atoms with van der Waals surface area (Å²) in [4.78, 5) is 33.7. The van der Waals surface area contributed by atoms with Crippen molar-refractivity contribution >= 4 is 17.8 Å². The summed E-state index contributed by atoms with van der Waals surface area (Å²) in [6.07, 6.45) is -0.186. The molecule has 108 valence electrons. The number of primary amides is 1. The minimum atomic E-state index is -1.23. The maximum absolute atomic E-state index is 12.0. The molecule has 4 N–H and O–H groups in total. The van der Waals surface area contributed by atoms with Gasteiger partial charge in [0.2, 0.25) is 5.91 Å². The van der Waals surface area contributed by atoms with Gasteiger partial charge in [-0.2, -0.15) is 0 Å². The topological polar surface area (TPSA) is 119 Å². The van der Waals surface area contributed by atoms with E-state index in [1.54, 1.807) is 18.2 Å². The number of amides is 2. The highest BCUT2D eigenvalue weighted by molar-refractivity contribution is 5.99. The molecule has 0 bridgehead atoms. The van der Waals surface area contributed by atoms with Crippen molar-refractivity contribution in [2.24, 2.45) is 5.73 Å². The Balaban J connectivity index is 2.80. The molecule has 0 saturated heterocycles. The normalized spacial score (nSPS) is 11.4. The van der Waals surface area contributed by atoms with Gasteiger partial charge in [0.05, 0.1) is 12.7 Å². The highest BCUT2D eigenvalue weighted by Gasteiger charge is 2.22. The van der Waals surface area contributed by atoms with Gasteiger partial charge in [-0.1, -0.05) is 12.1 Å². The van der Waals surface area contributed by atoms with Crippen molar-refractivity contribution in [3.8, 4) is 5.75 Å². The lowest BCUT2D eigenvalue weighted by atomic mass is 10.1. The monoisotopic (exact) mass is 280 g/mol. The van der Waals surface area contributed by atoms with Crippen LogP contribution in [0.15, 0.2) is 24.3 Å². The second kappa shape index (κ2) is 7.13. The zero-order valence-corrected chi connectivity index (χ0v) is 11.0. The smallest absolute Gasteiger partial charge is 0.326 e. The van der Waals surface area contributed by atoms with Crippen LogP contribution in [0.5, 0.6) is 5.75 Å². The summed E-state index contributed by atoms with van der Waals surface area (Å²) in [7, 11) is 1.41. The lowest BCUT2D eigenvalue weighted by Gasteiger charge is -2.15. The molecular formula is C13H16N2O5. The third-order valence-corrected chi connectivity index (χ3v) is 2.63. The van der Waals surface area contributed by atoms with Gasteiger partial charge in [0.1, 0.15) is 11.8 Å². The molecule has 0 unspecified atom stereocenters. The standard InChI is InChI=1S/C13H16N2O5/c1-20-10-5-3-2-4-8(10)12(17)15-9(13(18)19)6-7-11(14)16/h2-5,9H,6-7H2,1H3,(H2,14,16)(H,15,17)(H,18,19)/t9-/m1/s1. The third-order valence-electron chi connectivity index (χ3n) is 2.63. The number of carbonyl (C=O) groups is 3. The van der Waals surface area contributed by atoms with E-state index < -0.39 is 23.8 Å². The molecule has 0 saturated carbocycles. The van der Waals surface area contributed by atoms with E-state index in [9.17, 15) is 14.4 Å². The van der Waals surface area contributed by atoms with E-state index in [-0.39, 0.29) is 18.4 Å². The fraction of sp³-hybridized carbons (Fsp3) is 0.308. The second-order valence-electron chi connectivity index (χ2n) is 4.07. The van der Waals surface area contributed by atoms with Gasteiger partial charge in [0, 0.05) is 6.42 Å². The number of ether oxygens (including phenoxy) is 1. The lowest BCUT2D eigenvalue weighted by Crippen LogP contribution is -2.41. The predicted octanol–water partition coefficient (Wildman–Crippen LogP) is 0.144. The van der Waals surface area contributed by atoms with E-state index >= 15 is 0 Å². The van der Waals surface area contributed by atoms with Gasteiger partial charge in [0.15, 0.2) is 0 Å². The number of hydrogen-bond acceptors (Lipinski definition) is 4. The highest BCUT2D eigenvalue weighted by Crippen LogP contribution is 2.17. The molecular weight excluding hydrogens is 264 g/mol. The number of carbonyl (C=O) groups excluding carboxylic acids is 2. The first-order valence-corrected chi connectivity index (χ1v) is 5.90. The summed E-state index contributed by atoms with van der Waals surface area (Å²) in [6.45, 7) is 0. The minimum absolute atomic E-state index is 0.0639. The predicted molar refractivity (Wildman–Crippen MR) is 70.3 cm³/mol. The van der Waals surface area contributed by atoms with E-state index in [4.69, 9.17) is 15.6 Å². The Labute approximate surface area is 115 Å². The average molecular weight is 280 g/mol. The summed E-state index contributed by atoms with van der Waals surface area (Å²) in [5.74, 6) is -2.10. The number of aliphatic carboxylic acids is 1. The van der Waals surface area contributed by atoms with Crippen molar-refractivity contribution in [2.45, 2.75) is 18.9 Å². The molecule has 2 amide bonds. The van der Waals surface area contributed by atoms with Crippen molar-refractivity contribution < 1.29 is 24.2 Å². The SMILES string of the molecule is COc1ccccc1C(=O)N[C@H](CCC(N)=O)C(=O)O. The molecule has 0 aliphatic heterocycles. The molecule has 1 aromatic carbocycles. The van der Waals surface area contributed by atoms with Crippen LogP contribution >= 0.6 is 0 Å². The second-order valence-corrected chi connectivity index (χ2v) is 4.07. The molecule has 0 heterocycles. The maximum Gasteiger partial charge on any atom is 0.326 e. The van der Waals surface area contributed by atoms with E-state index in [2.05, 4.69) is 5.32 Å². The van der Waals surface area contributed by atoms with Crippen LogP contribution in [0.1, 0.15) is 23.2 Å². The first-order chi connectivity index (χ1) is 9.45. The Morgan fingerprint density at radius 2 is 2.00 bits per heavy atom. The Morgan fingerprint density at radius 1 is 1.35 bits per heavy atom. The van der Waals surface area contributed by atoms with Crippen LogP contribution in [-0.2, 0) is 9.59 Å². The third kappa shape index (κ3) is 4.27. The first-order valence-electron chi connectivity index (χ1n) is 5.90. The number of nitrogens with one attached hydrogen (secondary N) is 1. The van der Waals surface area contributed by atoms with Crippen LogP contribution < -0.4 is 15.8 Å². The quantitative estimate of drug-likeness (QED) is 0.656. The van der Waals surface area contributed by atoms with Crippen LogP contribution in [0.4, 0.5) is 0 Å². The first kappa shape index (κ1) is 15.5. The van der Waals surface area contributed by atoms with Crippen molar-refractivity contribution in [1.82, 2.24) is 5.32 Å². The zero-order chi connectivity index (χ0) is 15.1.